The maximum Gasteiger partial charge on any atom is 0.408 e. The van der Waals surface area contributed by atoms with Crippen LogP contribution in [0.4, 0.5) is 30.7 Å². The summed E-state index contributed by atoms with van der Waals surface area (Å²) >= 11 is 0. The first-order valence-corrected chi connectivity index (χ1v) is 15.4. The molecule has 5 aromatic rings. The molecule has 1 aliphatic carbocycles. The Balaban J connectivity index is 1.21. The van der Waals surface area contributed by atoms with Gasteiger partial charge < -0.3 is 10.6 Å². The molecule has 6 heterocycles. The van der Waals surface area contributed by atoms with E-state index in [2.05, 4.69) is 51.0 Å². The summed E-state index contributed by atoms with van der Waals surface area (Å²) in [6.07, 6.45) is -5.55. The van der Waals surface area contributed by atoms with Crippen LogP contribution in [0.15, 0.2) is 41.4 Å². The number of pyridine rings is 1. The maximum atomic E-state index is 14.1. The Morgan fingerprint density at radius 2 is 1.96 bits per heavy atom. The van der Waals surface area contributed by atoms with Gasteiger partial charge in [-0.05, 0) is 65.7 Å². The summed E-state index contributed by atoms with van der Waals surface area (Å²) in [7, 11) is 0. The van der Waals surface area contributed by atoms with Crippen molar-refractivity contribution in [3.63, 3.8) is 0 Å². The highest BCUT2D eigenvalue weighted by atomic mass is 19.4. The van der Waals surface area contributed by atoms with Gasteiger partial charge in [-0.1, -0.05) is 5.21 Å². The lowest BCUT2D eigenvalue weighted by Gasteiger charge is -2.33. The third kappa shape index (κ3) is 6.30. The molecule has 2 amide bonds. The molecule has 0 aromatic carbocycles. The zero-order chi connectivity index (χ0) is 35.4. The number of amides is 2. The molecule has 7 rings (SSSR count). The first kappa shape index (κ1) is 33.3. The highest BCUT2D eigenvalue weighted by Gasteiger charge is 2.56. The van der Waals surface area contributed by atoms with Crippen LogP contribution in [0.1, 0.15) is 72.0 Å². The van der Waals surface area contributed by atoms with Crippen molar-refractivity contribution in [2.75, 3.05) is 0 Å². The van der Waals surface area contributed by atoms with Gasteiger partial charge in [0.15, 0.2) is 17.0 Å². The molecule has 264 valence electrons. The highest BCUT2D eigenvalue weighted by molar-refractivity contribution is 5.93. The second-order valence-electron chi connectivity index (χ2n) is 12.6. The number of hydrogen-bond acceptors (Lipinski definition) is 10. The average molecular weight is 710 g/mol. The summed E-state index contributed by atoms with van der Waals surface area (Å²) in [4.78, 5) is 35.2. The Bertz CT molecular complexity index is 2050. The number of imidazole rings is 1. The molecule has 50 heavy (non-hydrogen) atoms. The number of fused-ring (bicyclic) bond motifs is 2. The van der Waals surface area contributed by atoms with Crippen LogP contribution in [0.3, 0.4) is 0 Å². The van der Waals surface area contributed by atoms with Crippen molar-refractivity contribution in [1.82, 2.24) is 55.5 Å². The lowest BCUT2D eigenvalue weighted by molar-refractivity contribution is -0.155. The average Bonchev–Trinajstić information content (AvgIpc) is 3.86. The minimum absolute atomic E-state index is 0.0346. The Labute approximate surface area is 275 Å². The lowest BCUT2D eigenvalue weighted by Crippen LogP contribution is -2.40. The second-order valence-corrected chi connectivity index (χ2v) is 12.6. The van der Waals surface area contributed by atoms with Gasteiger partial charge >= 0.3 is 6.18 Å². The van der Waals surface area contributed by atoms with Gasteiger partial charge in [-0.2, -0.15) is 18.3 Å². The molecule has 21 heteroatoms. The van der Waals surface area contributed by atoms with Gasteiger partial charge in [0.1, 0.15) is 11.6 Å². The molecule has 2 aliphatic rings. The number of halogens is 7. The van der Waals surface area contributed by atoms with E-state index in [9.17, 15) is 40.3 Å². The van der Waals surface area contributed by atoms with Gasteiger partial charge in [-0.3, -0.25) is 9.59 Å². The van der Waals surface area contributed by atoms with Crippen molar-refractivity contribution in [1.29, 1.82) is 0 Å². The first-order chi connectivity index (χ1) is 23.7. The molecule has 1 saturated carbocycles. The molecule has 5 aromatic heterocycles. The Hall–Kier alpha value is -5.24. The van der Waals surface area contributed by atoms with E-state index in [0.29, 0.717) is 11.1 Å². The normalized spacial score (nSPS) is 22.0. The Morgan fingerprint density at radius 1 is 1.18 bits per heavy atom. The number of aromatic nitrogens is 9. The number of rotatable bonds is 9. The predicted octanol–water partition coefficient (Wildman–Crippen LogP) is 4.17. The van der Waals surface area contributed by atoms with Crippen LogP contribution in [-0.2, 0) is 17.8 Å². The van der Waals surface area contributed by atoms with Crippen molar-refractivity contribution >= 4 is 28.6 Å². The smallest absolute Gasteiger partial charge is 0.344 e. The van der Waals surface area contributed by atoms with E-state index in [0.717, 1.165) is 0 Å². The predicted molar refractivity (Wildman–Crippen MR) is 153 cm³/mol. The van der Waals surface area contributed by atoms with Gasteiger partial charge in [0.25, 0.3) is 12.3 Å². The van der Waals surface area contributed by atoms with E-state index in [1.807, 2.05) is 0 Å². The SMILES string of the molecule is O=C(N[C@H](c1cn2ncc(C[C@@]3(Cn4nnc5cccnc54)C[C@@H](C(F)(F)F)NC3=O)cc2n1)C1CCC(F)(F)CC1)c1nonc1C(F)F. The van der Waals surface area contributed by atoms with Crippen LogP contribution >= 0.6 is 0 Å². The zero-order valence-corrected chi connectivity index (χ0v) is 25.6. The summed E-state index contributed by atoms with van der Waals surface area (Å²) in [5.74, 6) is -5.45. The molecule has 3 atom stereocenters. The topological polar surface area (TPSA) is 171 Å². The van der Waals surface area contributed by atoms with E-state index >= 15 is 0 Å². The van der Waals surface area contributed by atoms with Gasteiger partial charge in [-0.25, -0.2) is 41.4 Å². The highest BCUT2D eigenvalue weighted by Crippen LogP contribution is 2.43. The van der Waals surface area contributed by atoms with Gasteiger partial charge in [0.2, 0.25) is 17.5 Å². The summed E-state index contributed by atoms with van der Waals surface area (Å²) < 4.78 is 103. The number of hydrogen-bond donors (Lipinski definition) is 2. The van der Waals surface area contributed by atoms with Crippen LogP contribution in [0.2, 0.25) is 0 Å². The fourth-order valence-electron chi connectivity index (χ4n) is 6.70. The molecule has 0 radical (unpaired) electrons. The number of nitrogens with one attached hydrogen (secondary N) is 2. The molecule has 0 unspecified atom stereocenters. The number of alkyl halides is 7. The standard InChI is InChI=1S/C29H26F7N11O3/c30-23(31)21-22(44-50-43-21)25(48)41-20(15-3-5-28(32,33)6-4-15)17-12-46-19(39-17)8-14(11-38-46)9-27(10-18(29(34,35)36)40-26(27)49)13-47-24-16(42-45-47)2-1-7-37-24/h1-2,7-8,11-12,15,18,20,23H,3-6,9-10,13H2,(H,40,49)(H,41,48)/t18-,20-,27-/m0/s1. The van der Waals surface area contributed by atoms with Crippen LogP contribution in [-0.4, -0.2) is 74.8 Å². The molecule has 0 bridgehead atoms. The number of nitrogens with zero attached hydrogens (tertiary/aromatic N) is 9. The molecule has 1 aliphatic heterocycles. The van der Waals surface area contributed by atoms with Crippen molar-refractivity contribution in [2.24, 2.45) is 11.3 Å². The van der Waals surface area contributed by atoms with Crippen molar-refractivity contribution in [2.45, 2.75) is 75.7 Å². The second kappa shape index (κ2) is 12.3. The van der Waals surface area contributed by atoms with Crippen LogP contribution < -0.4 is 10.6 Å². The van der Waals surface area contributed by atoms with E-state index < -0.39 is 84.4 Å². The minimum Gasteiger partial charge on any atom is -0.344 e. The number of carbonyl (C=O) groups excluding carboxylic acids is 2. The molecular weight excluding hydrogens is 683 g/mol. The van der Waals surface area contributed by atoms with Gasteiger partial charge in [0.05, 0.1) is 36.1 Å². The van der Waals surface area contributed by atoms with E-state index in [-0.39, 0.29) is 42.8 Å². The Morgan fingerprint density at radius 3 is 2.68 bits per heavy atom. The molecular formula is C29H26F7N11O3. The third-order valence-corrected chi connectivity index (χ3v) is 9.21. The van der Waals surface area contributed by atoms with Crippen LogP contribution in [0.25, 0.3) is 16.8 Å². The molecule has 0 spiro atoms. The van der Waals surface area contributed by atoms with E-state index in [1.54, 1.807) is 12.1 Å². The largest absolute Gasteiger partial charge is 0.408 e. The van der Waals surface area contributed by atoms with Crippen LogP contribution in [0, 0.1) is 11.3 Å². The molecule has 14 nitrogen and oxygen atoms in total. The molecule has 2 fully saturated rings. The summed E-state index contributed by atoms with van der Waals surface area (Å²) in [6.45, 7) is -0.290. The lowest BCUT2D eigenvalue weighted by atomic mass is 9.79. The van der Waals surface area contributed by atoms with Crippen LogP contribution in [0.5, 0.6) is 0 Å². The monoisotopic (exact) mass is 709 g/mol. The molecule has 2 N–H and O–H groups in total. The fourth-order valence-corrected chi connectivity index (χ4v) is 6.70. The summed E-state index contributed by atoms with van der Waals surface area (Å²) in [5, 5.41) is 23.3. The van der Waals surface area contributed by atoms with Crippen molar-refractivity contribution in [3.8, 4) is 0 Å². The third-order valence-electron chi connectivity index (χ3n) is 9.21. The first-order valence-electron chi connectivity index (χ1n) is 15.4. The summed E-state index contributed by atoms with van der Waals surface area (Å²) in [6, 6.07) is 1.55. The minimum atomic E-state index is -4.72. The van der Waals surface area contributed by atoms with Crippen molar-refractivity contribution in [3.05, 3.63) is 59.4 Å². The van der Waals surface area contributed by atoms with Gasteiger partial charge in [0, 0.05) is 19.0 Å². The Kier molecular flexibility index (Phi) is 8.16. The van der Waals surface area contributed by atoms with Gasteiger partial charge in [-0.15, -0.1) is 5.10 Å². The van der Waals surface area contributed by atoms with E-state index in [4.69, 9.17) is 0 Å². The maximum absolute atomic E-state index is 14.1. The quantitative estimate of drug-likeness (QED) is 0.212. The number of carbonyl (C=O) groups is 2. The van der Waals surface area contributed by atoms with E-state index in [1.165, 1.54) is 33.9 Å². The zero-order valence-electron chi connectivity index (χ0n) is 25.6. The fraction of sp³-hybridized carbons (Fsp3) is 0.483. The van der Waals surface area contributed by atoms with Crippen molar-refractivity contribution < 1.29 is 45.0 Å². The summed E-state index contributed by atoms with van der Waals surface area (Å²) in [5.41, 5.74) is -2.13. The molecule has 1 saturated heterocycles.